The third kappa shape index (κ3) is 5.96. The molecule has 1 aliphatic heterocycles. The summed E-state index contributed by atoms with van der Waals surface area (Å²) in [6, 6.07) is 16.6. The van der Waals surface area contributed by atoms with Gasteiger partial charge in [0.15, 0.2) is 8.32 Å². The van der Waals surface area contributed by atoms with Crippen LogP contribution in [-0.2, 0) is 30.9 Å². The van der Waals surface area contributed by atoms with E-state index < -0.39 is 39.3 Å². The fraction of sp³-hybridized carbons (Fsp3) is 0.405. The molecular formula is C37H45N3O7S2Si. The highest BCUT2D eigenvalue weighted by Crippen LogP contribution is 2.46. The van der Waals surface area contributed by atoms with E-state index in [1.54, 1.807) is 36.5 Å². The van der Waals surface area contributed by atoms with Crippen molar-refractivity contribution in [3.05, 3.63) is 106 Å². The average Bonchev–Trinajstić information content (AvgIpc) is 3.45. The average molecular weight is 736 g/mol. The van der Waals surface area contributed by atoms with Crippen molar-refractivity contribution in [2.24, 2.45) is 5.92 Å². The molecule has 0 amide bonds. The maximum atomic E-state index is 14.5. The summed E-state index contributed by atoms with van der Waals surface area (Å²) in [6.45, 7) is 15.7. The first-order valence-corrected chi connectivity index (χ1v) is 22.1. The summed E-state index contributed by atoms with van der Waals surface area (Å²) in [4.78, 5) is 10.9. The van der Waals surface area contributed by atoms with Gasteiger partial charge in [0.05, 0.1) is 26.3 Å². The maximum Gasteiger partial charge on any atom is 0.269 e. The summed E-state index contributed by atoms with van der Waals surface area (Å²) in [7, 11) is -10.4. The lowest BCUT2D eigenvalue weighted by molar-refractivity contribution is -0.384. The second-order valence-corrected chi connectivity index (χ2v) is 23.7. The summed E-state index contributed by atoms with van der Waals surface area (Å²) in [5.41, 5.74) is 4.64. The highest BCUT2D eigenvalue weighted by atomic mass is 32.2. The minimum Gasteiger partial charge on any atom is -0.415 e. The Morgan fingerprint density at radius 3 is 2.02 bits per heavy atom. The Bertz CT molecular complexity index is 2170. The highest BCUT2D eigenvalue weighted by Gasteiger charge is 2.47. The van der Waals surface area contributed by atoms with Crippen molar-refractivity contribution >= 4 is 50.5 Å². The summed E-state index contributed by atoms with van der Waals surface area (Å²) in [5, 5.41) is 12.1. The van der Waals surface area contributed by atoms with Crippen molar-refractivity contribution in [2.45, 2.75) is 87.3 Å². The molecule has 6 rings (SSSR count). The summed E-state index contributed by atoms with van der Waals surface area (Å²) in [5.74, 6) is -0.285. The van der Waals surface area contributed by atoms with Gasteiger partial charge in [-0.2, -0.15) is 4.31 Å². The SMILES string of the molecule is Cc1ccc(S(=O)(=O)n2cc3c4c(cccc42)C2=C[C@H](CO[Si](C(C)C)(C(C)C)C(C)C)CN(S(=O)(=O)c4ccc([N+](=O)[O-])cc4)[C@@H]2C3)cc1. The topological polar surface area (TPSA) is 129 Å². The molecular weight excluding hydrogens is 691 g/mol. The molecule has 0 unspecified atom stereocenters. The van der Waals surface area contributed by atoms with E-state index in [1.807, 2.05) is 19.1 Å². The van der Waals surface area contributed by atoms with E-state index in [0.29, 0.717) is 28.7 Å². The molecule has 10 nitrogen and oxygen atoms in total. The van der Waals surface area contributed by atoms with E-state index in [4.69, 9.17) is 4.43 Å². The number of aryl methyl sites for hydroxylation is 1. The number of nitro benzene ring substituents is 1. The molecule has 0 radical (unpaired) electrons. The van der Waals surface area contributed by atoms with Crippen molar-refractivity contribution in [1.29, 1.82) is 0 Å². The van der Waals surface area contributed by atoms with Crippen LogP contribution in [0.2, 0.25) is 16.6 Å². The van der Waals surface area contributed by atoms with Gasteiger partial charge in [0, 0.05) is 42.8 Å². The number of aromatic nitrogens is 1. The standard InChI is InChI=1S/C37H45N3O7S2Si/c1-24(2)50(25(3)4,26(5)6)47-23-28-19-34-33-9-8-10-35-37(33)29(22-39(35)49(45,46)31-15-11-27(7)12-16-31)20-36(34)38(21-28)48(43,44)32-17-13-30(14-18-32)40(41)42/h8-19,22,24-26,28,36H,20-21,23H2,1-7H3/t28-,36+/m0/s1. The molecule has 2 atom stereocenters. The van der Waals surface area contributed by atoms with Gasteiger partial charge in [-0.3, -0.25) is 10.1 Å². The van der Waals surface area contributed by atoms with Gasteiger partial charge >= 0.3 is 0 Å². The van der Waals surface area contributed by atoms with Crippen LogP contribution in [-0.4, -0.2) is 57.5 Å². The van der Waals surface area contributed by atoms with Crippen LogP contribution in [0.25, 0.3) is 16.5 Å². The number of hydrogen-bond acceptors (Lipinski definition) is 7. The lowest BCUT2D eigenvalue weighted by Gasteiger charge is -2.45. The van der Waals surface area contributed by atoms with Crippen molar-refractivity contribution in [1.82, 2.24) is 8.28 Å². The van der Waals surface area contributed by atoms with Crippen molar-refractivity contribution < 1.29 is 26.2 Å². The summed E-state index contributed by atoms with van der Waals surface area (Å²) in [6.07, 6.45) is 4.02. The van der Waals surface area contributed by atoms with Gasteiger partial charge in [0.25, 0.3) is 15.7 Å². The summed E-state index contributed by atoms with van der Waals surface area (Å²) >= 11 is 0. The predicted octanol–water partition coefficient (Wildman–Crippen LogP) is 7.92. The lowest BCUT2D eigenvalue weighted by atomic mass is 9.81. The molecule has 0 saturated carbocycles. The van der Waals surface area contributed by atoms with Gasteiger partial charge in [0.2, 0.25) is 10.0 Å². The van der Waals surface area contributed by atoms with Crippen LogP contribution in [0.15, 0.2) is 88.8 Å². The molecule has 0 N–H and O–H groups in total. The van der Waals surface area contributed by atoms with E-state index in [0.717, 1.165) is 27.6 Å². The monoisotopic (exact) mass is 735 g/mol. The van der Waals surface area contributed by atoms with Crippen molar-refractivity contribution in [3.63, 3.8) is 0 Å². The van der Waals surface area contributed by atoms with Crippen molar-refractivity contribution in [2.75, 3.05) is 13.2 Å². The van der Waals surface area contributed by atoms with E-state index in [1.165, 1.54) is 32.5 Å². The number of fused-ring (bicyclic) bond motifs is 2. The number of benzene rings is 3. The zero-order valence-corrected chi connectivity index (χ0v) is 32.2. The fourth-order valence-electron chi connectivity index (χ4n) is 8.37. The smallest absolute Gasteiger partial charge is 0.269 e. The zero-order chi connectivity index (χ0) is 36.3. The number of nitrogens with zero attached hydrogens (tertiary/aromatic N) is 3. The van der Waals surface area contributed by atoms with Crippen LogP contribution in [0.1, 0.15) is 58.2 Å². The Hall–Kier alpha value is -3.62. The van der Waals surface area contributed by atoms with E-state index in [2.05, 4.69) is 47.6 Å². The van der Waals surface area contributed by atoms with Crippen LogP contribution >= 0.6 is 0 Å². The molecule has 2 aliphatic rings. The molecule has 0 saturated heterocycles. The quantitative estimate of drug-likeness (QED) is 0.0870. The van der Waals surface area contributed by atoms with Gasteiger partial charge < -0.3 is 4.43 Å². The van der Waals surface area contributed by atoms with Gasteiger partial charge in [-0.15, -0.1) is 0 Å². The highest BCUT2D eigenvalue weighted by molar-refractivity contribution is 7.90. The van der Waals surface area contributed by atoms with E-state index >= 15 is 0 Å². The Labute approximate surface area is 296 Å². The Morgan fingerprint density at radius 2 is 1.44 bits per heavy atom. The molecule has 50 heavy (non-hydrogen) atoms. The van der Waals surface area contributed by atoms with Gasteiger partial charge in [-0.25, -0.2) is 20.8 Å². The van der Waals surface area contributed by atoms with Crippen molar-refractivity contribution in [3.8, 4) is 0 Å². The minimum atomic E-state index is -4.15. The van der Waals surface area contributed by atoms with Crippen LogP contribution in [0, 0.1) is 23.0 Å². The molecule has 3 aromatic carbocycles. The minimum absolute atomic E-state index is 0.0391. The first-order valence-electron chi connectivity index (χ1n) is 17.1. The van der Waals surface area contributed by atoms with E-state index in [9.17, 15) is 26.9 Å². The van der Waals surface area contributed by atoms with Gasteiger partial charge in [-0.1, -0.05) is 77.4 Å². The zero-order valence-electron chi connectivity index (χ0n) is 29.5. The molecule has 0 spiro atoms. The predicted molar refractivity (Wildman–Crippen MR) is 199 cm³/mol. The molecule has 2 heterocycles. The molecule has 266 valence electrons. The Morgan fingerprint density at radius 1 is 0.860 bits per heavy atom. The van der Waals surface area contributed by atoms with Crippen LogP contribution < -0.4 is 0 Å². The van der Waals surface area contributed by atoms with E-state index in [-0.39, 0.29) is 34.4 Å². The first kappa shape index (κ1) is 36.2. The third-order valence-corrected chi connectivity index (χ3v) is 20.3. The largest absolute Gasteiger partial charge is 0.415 e. The second kappa shape index (κ2) is 13.2. The fourth-order valence-corrected chi connectivity index (χ4v) is 16.9. The number of hydrogen-bond donors (Lipinski definition) is 0. The lowest BCUT2D eigenvalue weighted by Crippen LogP contribution is -2.51. The first-order chi connectivity index (χ1) is 23.5. The Kier molecular flexibility index (Phi) is 9.53. The van der Waals surface area contributed by atoms with Crippen LogP contribution in [0.5, 0.6) is 0 Å². The number of non-ortho nitro benzene ring substituents is 1. The van der Waals surface area contributed by atoms with Crippen LogP contribution in [0.4, 0.5) is 5.69 Å². The molecule has 1 aliphatic carbocycles. The second-order valence-electron chi connectivity index (χ2n) is 14.5. The Balaban J connectivity index is 1.49. The third-order valence-electron chi connectivity index (χ3n) is 10.6. The molecule has 0 bridgehead atoms. The maximum absolute atomic E-state index is 14.5. The summed E-state index contributed by atoms with van der Waals surface area (Å²) < 4.78 is 66.8. The number of rotatable bonds is 11. The molecule has 4 aromatic rings. The number of nitro groups is 1. The van der Waals surface area contributed by atoms with Gasteiger partial charge in [0.1, 0.15) is 0 Å². The molecule has 13 heteroatoms. The normalized spacial score (nSPS) is 18.6. The number of sulfonamides is 1. The molecule has 0 fully saturated rings. The molecule has 1 aromatic heterocycles. The van der Waals surface area contributed by atoms with Crippen LogP contribution in [0.3, 0.4) is 0 Å². The van der Waals surface area contributed by atoms with Gasteiger partial charge in [-0.05, 0) is 77.0 Å².